The van der Waals surface area contributed by atoms with Crippen molar-refractivity contribution in [2.45, 2.75) is 57.7 Å². The Kier molecular flexibility index (Phi) is 5.70. The van der Waals surface area contributed by atoms with Gasteiger partial charge in [0.2, 0.25) is 5.91 Å². The SMILES string of the molecule is CC(Cn1cnc2c3cc(F)ccc3n(CC(=O)NC3CCCC3)c2c1=O)c1ccccc1. The van der Waals surface area contributed by atoms with E-state index in [1.807, 2.05) is 30.3 Å². The quantitative estimate of drug-likeness (QED) is 0.479. The van der Waals surface area contributed by atoms with Crippen molar-refractivity contribution in [3.8, 4) is 0 Å². The van der Waals surface area contributed by atoms with Gasteiger partial charge in [0, 0.05) is 18.0 Å². The van der Waals surface area contributed by atoms with E-state index in [1.165, 1.54) is 18.5 Å². The molecule has 1 N–H and O–H groups in total. The molecule has 1 aliphatic rings. The van der Waals surface area contributed by atoms with E-state index in [0.29, 0.717) is 28.5 Å². The Bertz CT molecular complexity index is 1370. The highest BCUT2D eigenvalue weighted by atomic mass is 19.1. The fraction of sp³-hybridized carbons (Fsp3) is 0.346. The predicted octanol–water partition coefficient (Wildman–Crippen LogP) is 4.35. The van der Waals surface area contributed by atoms with Crippen LogP contribution in [0, 0.1) is 5.82 Å². The largest absolute Gasteiger partial charge is 0.352 e. The lowest BCUT2D eigenvalue weighted by molar-refractivity contribution is -0.122. The zero-order valence-corrected chi connectivity index (χ0v) is 18.6. The van der Waals surface area contributed by atoms with Crippen LogP contribution in [-0.2, 0) is 17.9 Å². The van der Waals surface area contributed by atoms with Crippen molar-refractivity contribution in [3.05, 3.63) is 76.6 Å². The molecule has 33 heavy (non-hydrogen) atoms. The number of aromatic nitrogens is 3. The first-order valence-electron chi connectivity index (χ1n) is 11.5. The number of fused-ring (bicyclic) bond motifs is 3. The van der Waals surface area contributed by atoms with Gasteiger partial charge in [-0.05, 0) is 42.5 Å². The summed E-state index contributed by atoms with van der Waals surface area (Å²) in [5, 5.41) is 3.62. The Balaban J connectivity index is 1.56. The summed E-state index contributed by atoms with van der Waals surface area (Å²) in [5.41, 5.74) is 2.29. The zero-order valence-electron chi connectivity index (χ0n) is 18.6. The summed E-state index contributed by atoms with van der Waals surface area (Å²) in [7, 11) is 0. The highest BCUT2D eigenvalue weighted by Crippen LogP contribution is 2.27. The first kappa shape index (κ1) is 21.4. The van der Waals surface area contributed by atoms with Crippen molar-refractivity contribution < 1.29 is 9.18 Å². The molecule has 0 radical (unpaired) electrons. The number of nitrogens with one attached hydrogen (secondary N) is 1. The van der Waals surface area contributed by atoms with Crippen LogP contribution in [-0.4, -0.2) is 26.1 Å². The highest BCUT2D eigenvalue weighted by Gasteiger charge is 2.22. The number of carbonyl (C=O) groups excluding carboxylic acids is 1. The van der Waals surface area contributed by atoms with Crippen LogP contribution in [0.5, 0.6) is 0 Å². The maximum absolute atomic E-state index is 14.0. The predicted molar refractivity (Wildman–Crippen MR) is 127 cm³/mol. The van der Waals surface area contributed by atoms with Crippen LogP contribution in [0.15, 0.2) is 59.7 Å². The lowest BCUT2D eigenvalue weighted by Crippen LogP contribution is -2.35. The summed E-state index contributed by atoms with van der Waals surface area (Å²) in [4.78, 5) is 31.0. The van der Waals surface area contributed by atoms with E-state index in [4.69, 9.17) is 0 Å². The number of hydrogen-bond donors (Lipinski definition) is 1. The second-order valence-corrected chi connectivity index (χ2v) is 9.01. The first-order valence-corrected chi connectivity index (χ1v) is 11.5. The number of halogens is 1. The fourth-order valence-corrected chi connectivity index (χ4v) is 4.94. The maximum Gasteiger partial charge on any atom is 0.277 e. The third-order valence-corrected chi connectivity index (χ3v) is 6.65. The molecule has 170 valence electrons. The normalized spacial score (nSPS) is 15.3. The van der Waals surface area contributed by atoms with Gasteiger partial charge in [0.1, 0.15) is 23.4 Å². The zero-order chi connectivity index (χ0) is 22.9. The summed E-state index contributed by atoms with van der Waals surface area (Å²) < 4.78 is 17.3. The molecule has 1 unspecified atom stereocenters. The average Bonchev–Trinajstić information content (AvgIpc) is 3.42. The topological polar surface area (TPSA) is 68.9 Å². The second-order valence-electron chi connectivity index (χ2n) is 9.01. The van der Waals surface area contributed by atoms with E-state index < -0.39 is 5.82 Å². The van der Waals surface area contributed by atoms with Gasteiger partial charge in [-0.2, -0.15) is 0 Å². The molecule has 0 saturated heterocycles. The monoisotopic (exact) mass is 446 g/mol. The van der Waals surface area contributed by atoms with E-state index in [-0.39, 0.29) is 30.0 Å². The van der Waals surface area contributed by atoms with Crippen molar-refractivity contribution >= 4 is 27.8 Å². The molecule has 6 nitrogen and oxygen atoms in total. The van der Waals surface area contributed by atoms with Crippen LogP contribution < -0.4 is 10.9 Å². The number of benzene rings is 2. The lowest BCUT2D eigenvalue weighted by atomic mass is 10.0. The fourth-order valence-electron chi connectivity index (χ4n) is 4.94. The van der Waals surface area contributed by atoms with E-state index in [9.17, 15) is 14.0 Å². The number of nitrogens with zero attached hydrogens (tertiary/aromatic N) is 3. The molecule has 2 heterocycles. The van der Waals surface area contributed by atoms with Crippen molar-refractivity contribution in [2.24, 2.45) is 0 Å². The van der Waals surface area contributed by atoms with Gasteiger partial charge in [0.05, 0.1) is 11.8 Å². The van der Waals surface area contributed by atoms with Gasteiger partial charge in [0.25, 0.3) is 5.56 Å². The second kappa shape index (κ2) is 8.81. The van der Waals surface area contributed by atoms with Crippen LogP contribution in [0.2, 0.25) is 0 Å². The Morgan fingerprint density at radius 2 is 1.94 bits per heavy atom. The molecule has 1 atom stereocenters. The van der Waals surface area contributed by atoms with Gasteiger partial charge in [-0.15, -0.1) is 0 Å². The average molecular weight is 447 g/mol. The number of carbonyl (C=O) groups is 1. The first-order chi connectivity index (χ1) is 16.0. The summed E-state index contributed by atoms with van der Waals surface area (Å²) in [6.45, 7) is 2.51. The molecule has 2 aromatic carbocycles. The van der Waals surface area contributed by atoms with E-state index >= 15 is 0 Å². The molecule has 0 aliphatic heterocycles. The maximum atomic E-state index is 14.0. The highest BCUT2D eigenvalue weighted by molar-refractivity contribution is 6.06. The molecule has 0 bridgehead atoms. The Morgan fingerprint density at radius 3 is 2.70 bits per heavy atom. The minimum absolute atomic E-state index is 0.00267. The summed E-state index contributed by atoms with van der Waals surface area (Å²) >= 11 is 0. The summed E-state index contributed by atoms with van der Waals surface area (Å²) in [5.74, 6) is -0.442. The molecule has 0 spiro atoms. The molecule has 7 heteroatoms. The number of hydrogen-bond acceptors (Lipinski definition) is 3. The van der Waals surface area contributed by atoms with Gasteiger partial charge in [-0.1, -0.05) is 50.1 Å². The minimum atomic E-state index is -0.402. The molecular weight excluding hydrogens is 419 g/mol. The number of rotatable bonds is 6. The molecule has 1 fully saturated rings. The number of amides is 1. The minimum Gasteiger partial charge on any atom is -0.352 e. The Hall–Kier alpha value is -3.48. The van der Waals surface area contributed by atoms with Crippen molar-refractivity contribution in [1.82, 2.24) is 19.4 Å². The Morgan fingerprint density at radius 1 is 1.18 bits per heavy atom. The summed E-state index contributed by atoms with van der Waals surface area (Å²) in [6.07, 6.45) is 5.73. The van der Waals surface area contributed by atoms with Gasteiger partial charge >= 0.3 is 0 Å². The molecule has 1 aliphatic carbocycles. The van der Waals surface area contributed by atoms with Gasteiger partial charge in [0.15, 0.2) is 0 Å². The smallest absolute Gasteiger partial charge is 0.277 e. The summed E-state index contributed by atoms with van der Waals surface area (Å²) in [6, 6.07) is 14.5. The van der Waals surface area contributed by atoms with Crippen molar-refractivity contribution in [1.29, 1.82) is 0 Å². The van der Waals surface area contributed by atoms with Crippen LogP contribution in [0.25, 0.3) is 21.9 Å². The van der Waals surface area contributed by atoms with E-state index in [0.717, 1.165) is 31.2 Å². The van der Waals surface area contributed by atoms with Gasteiger partial charge in [-0.25, -0.2) is 9.37 Å². The van der Waals surface area contributed by atoms with Crippen LogP contribution >= 0.6 is 0 Å². The van der Waals surface area contributed by atoms with Crippen LogP contribution in [0.1, 0.15) is 44.1 Å². The molecule has 1 amide bonds. The van der Waals surface area contributed by atoms with Crippen LogP contribution in [0.3, 0.4) is 0 Å². The third kappa shape index (κ3) is 4.15. The molecular formula is C26H27FN4O2. The van der Waals surface area contributed by atoms with E-state index in [1.54, 1.807) is 15.2 Å². The standard InChI is InChI=1S/C26H27FN4O2/c1-17(18-7-3-2-4-8-18)14-30-16-28-24-21-13-19(27)11-12-22(21)31(25(24)26(30)33)15-23(32)29-20-9-5-6-10-20/h2-4,7-8,11-13,16-17,20H,5-6,9-10,14-15H2,1H3,(H,29,32). The molecule has 4 aromatic rings. The van der Waals surface area contributed by atoms with Crippen LogP contribution in [0.4, 0.5) is 4.39 Å². The molecule has 5 rings (SSSR count). The molecule has 1 saturated carbocycles. The van der Waals surface area contributed by atoms with Gasteiger partial charge in [-0.3, -0.25) is 14.2 Å². The van der Waals surface area contributed by atoms with E-state index in [2.05, 4.69) is 17.2 Å². The molecule has 2 aromatic heterocycles. The Labute approximate surface area is 191 Å². The van der Waals surface area contributed by atoms with Crippen molar-refractivity contribution in [2.75, 3.05) is 0 Å². The van der Waals surface area contributed by atoms with Crippen molar-refractivity contribution in [3.63, 3.8) is 0 Å². The lowest BCUT2D eigenvalue weighted by Gasteiger charge is -2.15. The van der Waals surface area contributed by atoms with Gasteiger partial charge < -0.3 is 9.88 Å². The third-order valence-electron chi connectivity index (χ3n) is 6.65.